The average Bonchev–Trinajstić information content (AvgIpc) is 2.73. The van der Waals surface area contributed by atoms with Crippen LogP contribution in [0.2, 0.25) is 0 Å². The van der Waals surface area contributed by atoms with Gasteiger partial charge in [-0.05, 0) is 37.4 Å². The fourth-order valence-corrected chi connectivity index (χ4v) is 3.80. The summed E-state index contributed by atoms with van der Waals surface area (Å²) in [7, 11) is 0. The number of rotatable bonds is 5. The molecule has 0 amide bonds. The molecule has 1 N–H and O–H groups in total. The second-order valence-electron chi connectivity index (χ2n) is 4.44. The van der Waals surface area contributed by atoms with Gasteiger partial charge in [0, 0.05) is 16.2 Å². The molecule has 0 fully saturated rings. The number of hydrogen-bond donors (Lipinski definition) is 1. The van der Waals surface area contributed by atoms with Gasteiger partial charge in [0.1, 0.15) is 0 Å². The second-order valence-corrected chi connectivity index (χ2v) is 5.72. The lowest BCUT2D eigenvalue weighted by Gasteiger charge is -2.22. The van der Waals surface area contributed by atoms with Gasteiger partial charge < -0.3 is 5.32 Å². The molecule has 0 aromatic heterocycles. The van der Waals surface area contributed by atoms with Crippen LogP contribution < -0.4 is 5.32 Å². The molecule has 2 unspecified atom stereocenters. The van der Waals surface area contributed by atoms with Crippen LogP contribution in [0.4, 0.5) is 0 Å². The Balaban J connectivity index is 1.98. The Kier molecular flexibility index (Phi) is 4.30. The molecule has 0 saturated carbocycles. The Labute approximate surface area is 103 Å². The van der Waals surface area contributed by atoms with E-state index < -0.39 is 0 Å². The van der Waals surface area contributed by atoms with Gasteiger partial charge in [0.2, 0.25) is 0 Å². The van der Waals surface area contributed by atoms with E-state index in [1.165, 1.54) is 29.7 Å². The SMILES string of the molecule is CCCNC(CC)C1Cc2ccccc2S1. The Bertz CT molecular complexity index is 312. The normalized spacial score (nSPS) is 20.8. The van der Waals surface area contributed by atoms with Crippen LogP contribution in [0.15, 0.2) is 29.2 Å². The van der Waals surface area contributed by atoms with Crippen molar-refractivity contribution in [2.75, 3.05) is 6.54 Å². The van der Waals surface area contributed by atoms with Crippen LogP contribution in [0.5, 0.6) is 0 Å². The Hall–Kier alpha value is -0.470. The van der Waals surface area contributed by atoms with Crippen LogP contribution in [0, 0.1) is 0 Å². The molecule has 2 heteroatoms. The van der Waals surface area contributed by atoms with Crippen LogP contribution in [-0.2, 0) is 6.42 Å². The predicted octanol–water partition coefficient (Wildman–Crippen LogP) is 3.48. The third-order valence-corrected chi connectivity index (χ3v) is 4.67. The van der Waals surface area contributed by atoms with Gasteiger partial charge in [-0.15, -0.1) is 11.8 Å². The minimum Gasteiger partial charge on any atom is -0.313 e. The van der Waals surface area contributed by atoms with Crippen molar-refractivity contribution in [2.45, 2.75) is 49.3 Å². The quantitative estimate of drug-likeness (QED) is 0.838. The fraction of sp³-hybridized carbons (Fsp3) is 0.571. The first-order valence-electron chi connectivity index (χ1n) is 6.33. The highest BCUT2D eigenvalue weighted by atomic mass is 32.2. The molecule has 0 radical (unpaired) electrons. The van der Waals surface area contributed by atoms with Gasteiger partial charge in [0.15, 0.2) is 0 Å². The van der Waals surface area contributed by atoms with E-state index in [0.29, 0.717) is 6.04 Å². The van der Waals surface area contributed by atoms with Gasteiger partial charge in [-0.25, -0.2) is 0 Å². The Morgan fingerprint density at radius 3 is 2.88 bits per heavy atom. The van der Waals surface area contributed by atoms with E-state index in [-0.39, 0.29) is 0 Å². The van der Waals surface area contributed by atoms with Crippen LogP contribution in [0.3, 0.4) is 0 Å². The van der Waals surface area contributed by atoms with Crippen molar-refractivity contribution in [3.63, 3.8) is 0 Å². The minimum absolute atomic E-state index is 0.664. The van der Waals surface area contributed by atoms with Gasteiger partial charge >= 0.3 is 0 Å². The first-order valence-corrected chi connectivity index (χ1v) is 7.21. The molecule has 0 spiro atoms. The van der Waals surface area contributed by atoms with E-state index in [9.17, 15) is 0 Å². The molecule has 2 rings (SSSR count). The number of hydrogen-bond acceptors (Lipinski definition) is 2. The summed E-state index contributed by atoms with van der Waals surface area (Å²) in [5.74, 6) is 0. The zero-order valence-electron chi connectivity index (χ0n) is 10.2. The van der Waals surface area contributed by atoms with Crippen LogP contribution in [0.1, 0.15) is 32.3 Å². The number of nitrogens with one attached hydrogen (secondary N) is 1. The number of thioether (sulfide) groups is 1. The third-order valence-electron chi connectivity index (χ3n) is 3.22. The molecular weight excluding hydrogens is 214 g/mol. The summed E-state index contributed by atoms with van der Waals surface area (Å²) in [6.45, 7) is 5.67. The van der Waals surface area contributed by atoms with E-state index in [1.54, 1.807) is 0 Å². The summed E-state index contributed by atoms with van der Waals surface area (Å²) in [5.41, 5.74) is 1.54. The van der Waals surface area contributed by atoms with Crippen LogP contribution in [0.25, 0.3) is 0 Å². The molecule has 0 bridgehead atoms. The molecule has 1 heterocycles. The lowest BCUT2D eigenvalue weighted by Crippen LogP contribution is -2.37. The lowest BCUT2D eigenvalue weighted by atomic mass is 10.0. The van der Waals surface area contributed by atoms with Crippen molar-refractivity contribution in [3.05, 3.63) is 29.8 Å². The number of benzene rings is 1. The molecule has 1 aliphatic heterocycles. The van der Waals surface area contributed by atoms with Crippen molar-refractivity contribution in [3.8, 4) is 0 Å². The van der Waals surface area contributed by atoms with Crippen LogP contribution >= 0.6 is 11.8 Å². The Morgan fingerprint density at radius 2 is 2.19 bits per heavy atom. The molecular formula is C14H21NS. The first kappa shape index (κ1) is 12.0. The van der Waals surface area contributed by atoms with E-state index >= 15 is 0 Å². The number of fused-ring (bicyclic) bond motifs is 1. The van der Waals surface area contributed by atoms with Crippen molar-refractivity contribution in [2.24, 2.45) is 0 Å². The van der Waals surface area contributed by atoms with Gasteiger partial charge in [0.25, 0.3) is 0 Å². The minimum atomic E-state index is 0.664. The van der Waals surface area contributed by atoms with Crippen molar-refractivity contribution in [1.82, 2.24) is 5.32 Å². The predicted molar refractivity (Wildman–Crippen MR) is 72.2 cm³/mol. The van der Waals surface area contributed by atoms with E-state index in [4.69, 9.17) is 0 Å². The molecule has 88 valence electrons. The third kappa shape index (κ3) is 2.61. The molecule has 1 aliphatic rings. The Morgan fingerprint density at radius 1 is 1.38 bits per heavy atom. The summed E-state index contributed by atoms with van der Waals surface area (Å²) in [5, 5.41) is 4.41. The van der Waals surface area contributed by atoms with E-state index in [1.807, 2.05) is 0 Å². The van der Waals surface area contributed by atoms with Crippen LogP contribution in [-0.4, -0.2) is 17.8 Å². The maximum atomic E-state index is 3.68. The molecule has 1 nitrogen and oxygen atoms in total. The fourth-order valence-electron chi connectivity index (χ4n) is 2.30. The highest BCUT2D eigenvalue weighted by molar-refractivity contribution is 8.00. The van der Waals surface area contributed by atoms with Gasteiger partial charge in [0.05, 0.1) is 0 Å². The van der Waals surface area contributed by atoms with Crippen molar-refractivity contribution >= 4 is 11.8 Å². The smallest absolute Gasteiger partial charge is 0.0289 e. The topological polar surface area (TPSA) is 12.0 Å². The summed E-state index contributed by atoms with van der Waals surface area (Å²) in [4.78, 5) is 1.49. The largest absolute Gasteiger partial charge is 0.313 e. The average molecular weight is 235 g/mol. The summed E-state index contributed by atoms with van der Waals surface area (Å²) in [6, 6.07) is 9.50. The van der Waals surface area contributed by atoms with Gasteiger partial charge in [-0.1, -0.05) is 32.0 Å². The molecule has 0 aliphatic carbocycles. The first-order chi connectivity index (χ1) is 7.85. The molecule has 16 heavy (non-hydrogen) atoms. The summed E-state index contributed by atoms with van der Waals surface area (Å²) in [6.07, 6.45) is 3.68. The van der Waals surface area contributed by atoms with Gasteiger partial charge in [-0.3, -0.25) is 0 Å². The standard InChI is InChI=1S/C14H21NS/c1-3-9-15-12(4-2)14-10-11-7-5-6-8-13(11)16-14/h5-8,12,14-15H,3-4,9-10H2,1-2H3. The molecule has 1 aromatic carbocycles. The highest BCUT2D eigenvalue weighted by Crippen LogP contribution is 2.38. The maximum absolute atomic E-state index is 3.68. The monoisotopic (exact) mass is 235 g/mol. The van der Waals surface area contributed by atoms with Crippen molar-refractivity contribution in [1.29, 1.82) is 0 Å². The molecule has 2 atom stereocenters. The summed E-state index contributed by atoms with van der Waals surface area (Å²) >= 11 is 2.06. The van der Waals surface area contributed by atoms with E-state index in [2.05, 4.69) is 55.2 Å². The van der Waals surface area contributed by atoms with Crippen molar-refractivity contribution < 1.29 is 0 Å². The maximum Gasteiger partial charge on any atom is 0.0289 e. The van der Waals surface area contributed by atoms with Gasteiger partial charge in [-0.2, -0.15) is 0 Å². The second kappa shape index (κ2) is 5.74. The zero-order valence-corrected chi connectivity index (χ0v) is 11.0. The lowest BCUT2D eigenvalue weighted by molar-refractivity contribution is 0.481. The molecule has 1 aromatic rings. The van der Waals surface area contributed by atoms with E-state index in [0.717, 1.165) is 11.8 Å². The zero-order chi connectivity index (χ0) is 11.4. The molecule has 0 saturated heterocycles. The summed E-state index contributed by atoms with van der Waals surface area (Å²) < 4.78 is 0. The highest BCUT2D eigenvalue weighted by Gasteiger charge is 2.27.